The van der Waals surface area contributed by atoms with Gasteiger partial charge in [-0.15, -0.1) is 0 Å². The second-order valence-corrected chi connectivity index (χ2v) is 4.11. The van der Waals surface area contributed by atoms with Crippen LogP contribution in [0.25, 0.3) is 0 Å². The van der Waals surface area contributed by atoms with Gasteiger partial charge < -0.3 is 21.9 Å². The van der Waals surface area contributed by atoms with E-state index in [0.717, 1.165) is 0 Å². The molecule has 0 aliphatic rings. The number of carboxylic acid groups (broad SMARTS) is 1. The molecule has 0 aliphatic heterocycles. The summed E-state index contributed by atoms with van der Waals surface area (Å²) in [5.74, 6) is -2.42. The number of aromatic nitrogens is 1. The van der Waals surface area contributed by atoms with E-state index in [4.69, 9.17) is 16.6 Å². The van der Waals surface area contributed by atoms with Crippen molar-refractivity contribution in [2.45, 2.75) is 25.4 Å². The second-order valence-electron chi connectivity index (χ2n) is 4.11. The summed E-state index contributed by atoms with van der Waals surface area (Å²) in [7, 11) is 0. The van der Waals surface area contributed by atoms with Crippen LogP contribution in [-0.2, 0) is 16.1 Å². The average molecular weight is 280 g/mol. The maximum Gasteiger partial charge on any atom is 0.326 e. The molecule has 8 heteroatoms. The van der Waals surface area contributed by atoms with Gasteiger partial charge in [-0.2, -0.15) is 0 Å². The molecule has 1 atom stereocenters. The molecule has 0 bridgehead atoms. The third-order valence-electron chi connectivity index (χ3n) is 2.57. The van der Waals surface area contributed by atoms with Gasteiger partial charge in [-0.05, 0) is 18.6 Å². The molecule has 108 valence electrons. The van der Waals surface area contributed by atoms with Crippen LogP contribution in [0, 0.1) is 0 Å². The molecule has 0 aliphatic carbocycles. The molecule has 0 saturated heterocycles. The molecular formula is C12H16N4O4. The van der Waals surface area contributed by atoms with Gasteiger partial charge in [0.05, 0.1) is 5.69 Å². The number of hydrogen-bond acceptors (Lipinski definition) is 5. The van der Waals surface area contributed by atoms with E-state index in [1.807, 2.05) is 0 Å². The Morgan fingerprint density at radius 3 is 2.65 bits per heavy atom. The summed E-state index contributed by atoms with van der Waals surface area (Å²) in [6.07, 6.45) is 1.23. The Hall–Kier alpha value is -2.48. The summed E-state index contributed by atoms with van der Waals surface area (Å²) in [6, 6.07) is 1.74. The fourth-order valence-electron chi connectivity index (χ4n) is 1.52. The molecular weight excluding hydrogens is 264 g/mol. The summed E-state index contributed by atoms with van der Waals surface area (Å²) >= 11 is 0. The standard InChI is InChI=1S/C12H16N4O4/c13-6-8-5-7(3-4-15-8)11(18)16-9(12(19)20)1-2-10(14)17/h3-5,9H,1-2,6,13H2,(H2,14,17)(H,16,18)(H,19,20). The minimum Gasteiger partial charge on any atom is -0.480 e. The first-order chi connectivity index (χ1) is 9.43. The van der Waals surface area contributed by atoms with E-state index in [1.54, 1.807) is 0 Å². The summed E-state index contributed by atoms with van der Waals surface area (Å²) in [4.78, 5) is 37.5. The van der Waals surface area contributed by atoms with E-state index in [-0.39, 0.29) is 24.9 Å². The predicted molar refractivity (Wildman–Crippen MR) is 69.4 cm³/mol. The van der Waals surface area contributed by atoms with E-state index in [1.165, 1.54) is 18.3 Å². The highest BCUT2D eigenvalue weighted by atomic mass is 16.4. The number of hydrogen-bond donors (Lipinski definition) is 4. The van der Waals surface area contributed by atoms with Gasteiger partial charge in [0.15, 0.2) is 0 Å². The first-order valence-electron chi connectivity index (χ1n) is 5.91. The van der Waals surface area contributed by atoms with Gasteiger partial charge in [0.1, 0.15) is 6.04 Å². The number of nitrogens with one attached hydrogen (secondary N) is 1. The largest absolute Gasteiger partial charge is 0.480 e. The van der Waals surface area contributed by atoms with Gasteiger partial charge >= 0.3 is 5.97 Å². The molecule has 2 amide bonds. The Balaban J connectivity index is 2.74. The van der Waals surface area contributed by atoms with Gasteiger partial charge in [-0.3, -0.25) is 14.6 Å². The molecule has 8 nitrogen and oxygen atoms in total. The van der Waals surface area contributed by atoms with Crippen molar-refractivity contribution < 1.29 is 19.5 Å². The number of amides is 2. The zero-order valence-corrected chi connectivity index (χ0v) is 10.7. The van der Waals surface area contributed by atoms with E-state index in [2.05, 4.69) is 10.3 Å². The number of nitrogens with zero attached hydrogens (tertiary/aromatic N) is 1. The molecule has 0 fully saturated rings. The van der Waals surface area contributed by atoms with Crippen molar-refractivity contribution >= 4 is 17.8 Å². The van der Waals surface area contributed by atoms with Crippen LogP contribution in [0.15, 0.2) is 18.3 Å². The van der Waals surface area contributed by atoms with Gasteiger partial charge in [0.25, 0.3) is 5.91 Å². The third-order valence-corrected chi connectivity index (χ3v) is 2.57. The second kappa shape index (κ2) is 7.19. The number of nitrogens with two attached hydrogens (primary N) is 2. The Morgan fingerprint density at radius 1 is 1.40 bits per heavy atom. The molecule has 1 heterocycles. The minimum absolute atomic E-state index is 0.0642. The van der Waals surface area contributed by atoms with Crippen molar-refractivity contribution in [2.24, 2.45) is 11.5 Å². The number of pyridine rings is 1. The Labute approximate surface area is 115 Å². The normalized spacial score (nSPS) is 11.7. The first kappa shape index (κ1) is 15.6. The van der Waals surface area contributed by atoms with Gasteiger partial charge in [-0.25, -0.2) is 4.79 Å². The monoisotopic (exact) mass is 280 g/mol. The zero-order chi connectivity index (χ0) is 15.1. The Bertz CT molecular complexity index is 518. The number of aliphatic carboxylic acids is 1. The van der Waals surface area contributed by atoms with Crippen molar-refractivity contribution in [1.29, 1.82) is 0 Å². The fraction of sp³-hybridized carbons (Fsp3) is 0.333. The van der Waals surface area contributed by atoms with Crippen molar-refractivity contribution in [3.05, 3.63) is 29.6 Å². The highest BCUT2D eigenvalue weighted by Gasteiger charge is 2.21. The van der Waals surface area contributed by atoms with Crippen molar-refractivity contribution in [3.8, 4) is 0 Å². The van der Waals surface area contributed by atoms with Crippen LogP contribution in [0.5, 0.6) is 0 Å². The van der Waals surface area contributed by atoms with Crippen LogP contribution >= 0.6 is 0 Å². The molecule has 20 heavy (non-hydrogen) atoms. The number of carbonyl (C=O) groups excluding carboxylic acids is 2. The quantitative estimate of drug-likeness (QED) is 0.502. The lowest BCUT2D eigenvalue weighted by molar-refractivity contribution is -0.139. The smallest absolute Gasteiger partial charge is 0.326 e. The molecule has 0 saturated carbocycles. The van der Waals surface area contributed by atoms with E-state index >= 15 is 0 Å². The van der Waals surface area contributed by atoms with E-state index < -0.39 is 23.8 Å². The van der Waals surface area contributed by atoms with Crippen LogP contribution in [0.4, 0.5) is 0 Å². The molecule has 1 unspecified atom stereocenters. The summed E-state index contributed by atoms with van der Waals surface area (Å²) in [5.41, 5.74) is 11.1. The maximum atomic E-state index is 11.9. The highest BCUT2D eigenvalue weighted by molar-refractivity contribution is 5.96. The fourth-order valence-corrected chi connectivity index (χ4v) is 1.52. The first-order valence-corrected chi connectivity index (χ1v) is 5.91. The number of primary amides is 1. The van der Waals surface area contributed by atoms with Crippen LogP contribution in [0.3, 0.4) is 0 Å². The average Bonchev–Trinajstić information content (AvgIpc) is 2.42. The van der Waals surface area contributed by atoms with E-state index in [0.29, 0.717) is 5.69 Å². The Kier molecular flexibility index (Phi) is 5.60. The summed E-state index contributed by atoms with van der Waals surface area (Å²) in [5, 5.41) is 11.3. The maximum absolute atomic E-state index is 11.9. The molecule has 1 rings (SSSR count). The highest BCUT2D eigenvalue weighted by Crippen LogP contribution is 2.04. The number of carbonyl (C=O) groups is 3. The van der Waals surface area contributed by atoms with Crippen LogP contribution in [0.1, 0.15) is 28.9 Å². The SMILES string of the molecule is NCc1cc(C(=O)NC(CCC(N)=O)C(=O)O)ccn1. The molecule has 0 spiro atoms. The van der Waals surface area contributed by atoms with E-state index in [9.17, 15) is 14.4 Å². The molecule has 1 aromatic heterocycles. The lowest BCUT2D eigenvalue weighted by Crippen LogP contribution is -2.41. The van der Waals surface area contributed by atoms with Crippen molar-refractivity contribution in [3.63, 3.8) is 0 Å². The van der Waals surface area contributed by atoms with Gasteiger partial charge in [-0.1, -0.05) is 0 Å². The lowest BCUT2D eigenvalue weighted by Gasteiger charge is -2.13. The van der Waals surface area contributed by atoms with Gasteiger partial charge in [0, 0.05) is 24.7 Å². The lowest BCUT2D eigenvalue weighted by atomic mass is 10.1. The molecule has 6 N–H and O–H groups in total. The van der Waals surface area contributed by atoms with Crippen molar-refractivity contribution in [1.82, 2.24) is 10.3 Å². The number of carboxylic acids is 1. The van der Waals surface area contributed by atoms with Crippen LogP contribution < -0.4 is 16.8 Å². The molecule has 1 aromatic rings. The predicted octanol–water partition coefficient (Wildman–Crippen LogP) is -1.01. The number of rotatable bonds is 7. The van der Waals surface area contributed by atoms with Gasteiger partial charge in [0.2, 0.25) is 5.91 Å². The Morgan fingerprint density at radius 2 is 2.10 bits per heavy atom. The van der Waals surface area contributed by atoms with Crippen LogP contribution in [0.2, 0.25) is 0 Å². The molecule has 0 radical (unpaired) electrons. The topological polar surface area (TPSA) is 148 Å². The van der Waals surface area contributed by atoms with Crippen LogP contribution in [-0.4, -0.2) is 33.9 Å². The zero-order valence-electron chi connectivity index (χ0n) is 10.7. The minimum atomic E-state index is -1.23. The summed E-state index contributed by atoms with van der Waals surface area (Å²) in [6.45, 7) is 0.172. The third kappa shape index (κ3) is 4.65. The summed E-state index contributed by atoms with van der Waals surface area (Å²) < 4.78 is 0. The molecule has 0 aromatic carbocycles. The van der Waals surface area contributed by atoms with Crippen molar-refractivity contribution in [2.75, 3.05) is 0 Å².